The van der Waals surface area contributed by atoms with Gasteiger partial charge >= 0.3 is 0 Å². The zero-order valence-electron chi connectivity index (χ0n) is 12.4. The molecule has 0 bridgehead atoms. The number of hydrogen-bond donors (Lipinski definition) is 2. The van der Waals surface area contributed by atoms with Crippen molar-refractivity contribution in [1.29, 1.82) is 0 Å². The van der Waals surface area contributed by atoms with E-state index >= 15 is 0 Å². The number of hydrogen-bond acceptors (Lipinski definition) is 5. The molecule has 0 spiro atoms. The first-order valence-electron chi connectivity index (χ1n) is 7.76. The van der Waals surface area contributed by atoms with Gasteiger partial charge in [-0.15, -0.1) is 0 Å². The Morgan fingerprint density at radius 2 is 2.09 bits per heavy atom. The molecular weight excluding hydrogens is 304 g/mol. The lowest BCUT2D eigenvalue weighted by Crippen LogP contribution is -3.14. The van der Waals surface area contributed by atoms with Crippen LogP contribution in [0.2, 0.25) is 0 Å². The number of carbonyl (C=O) groups excluding carboxylic acids is 2. The summed E-state index contributed by atoms with van der Waals surface area (Å²) in [5, 5.41) is 2.84. The molecule has 1 saturated carbocycles. The van der Waals surface area contributed by atoms with E-state index in [1.165, 1.54) is 11.1 Å². The largest absolute Gasteiger partial charge is 0.370 e. The van der Waals surface area contributed by atoms with Crippen LogP contribution in [0.5, 0.6) is 0 Å². The minimum absolute atomic E-state index is 0.161. The van der Waals surface area contributed by atoms with Gasteiger partial charge < -0.3 is 15.0 Å². The van der Waals surface area contributed by atoms with Crippen molar-refractivity contribution in [3.63, 3.8) is 0 Å². The van der Waals surface area contributed by atoms with Gasteiger partial charge in [0.05, 0.1) is 26.3 Å². The third kappa shape index (κ3) is 3.50. The van der Waals surface area contributed by atoms with Crippen molar-refractivity contribution < 1.29 is 19.2 Å². The molecule has 0 aromatic carbocycles. The molecule has 0 radical (unpaired) electrons. The molecular formula is C14H21N4O3S+. The normalized spacial score (nSPS) is 27.5. The highest BCUT2D eigenvalue weighted by atomic mass is 32.1. The molecule has 120 valence electrons. The van der Waals surface area contributed by atoms with Crippen molar-refractivity contribution in [2.24, 2.45) is 10.9 Å². The molecule has 2 N–H and O–H groups in total. The molecule has 2 aliphatic heterocycles. The van der Waals surface area contributed by atoms with E-state index in [1.807, 2.05) is 0 Å². The van der Waals surface area contributed by atoms with Gasteiger partial charge in [0.25, 0.3) is 0 Å². The highest BCUT2D eigenvalue weighted by molar-refractivity contribution is 7.80. The van der Waals surface area contributed by atoms with E-state index < -0.39 is 5.92 Å². The van der Waals surface area contributed by atoms with Gasteiger partial charge in [0, 0.05) is 12.3 Å². The second-order valence-corrected chi connectivity index (χ2v) is 6.27. The first-order chi connectivity index (χ1) is 10.7. The molecule has 0 aromatic rings. The van der Waals surface area contributed by atoms with E-state index in [0.29, 0.717) is 6.54 Å². The fourth-order valence-electron chi connectivity index (χ4n) is 2.73. The molecule has 0 unspecified atom stereocenters. The zero-order valence-corrected chi connectivity index (χ0v) is 13.2. The van der Waals surface area contributed by atoms with E-state index in [1.54, 1.807) is 4.90 Å². The van der Waals surface area contributed by atoms with Crippen molar-refractivity contribution >= 4 is 35.4 Å². The number of nitrogens with one attached hydrogen (secondary N) is 2. The fraction of sp³-hybridized carbons (Fsp3) is 0.714. The monoisotopic (exact) mass is 325 g/mol. The molecule has 22 heavy (non-hydrogen) atoms. The van der Waals surface area contributed by atoms with E-state index in [9.17, 15) is 9.59 Å². The van der Waals surface area contributed by atoms with Crippen LogP contribution >= 0.6 is 12.2 Å². The summed E-state index contributed by atoms with van der Waals surface area (Å²) in [6.45, 7) is 5.06. The molecule has 2 heterocycles. The second-order valence-electron chi connectivity index (χ2n) is 5.88. The summed E-state index contributed by atoms with van der Waals surface area (Å²) in [5.41, 5.74) is 0. The van der Waals surface area contributed by atoms with Crippen molar-refractivity contribution in [3.8, 4) is 0 Å². The van der Waals surface area contributed by atoms with Crippen molar-refractivity contribution in [3.05, 3.63) is 0 Å². The minimum atomic E-state index is -0.841. The van der Waals surface area contributed by atoms with Crippen LogP contribution in [0, 0.1) is 5.92 Å². The highest BCUT2D eigenvalue weighted by Crippen LogP contribution is 2.29. The number of rotatable bonds is 5. The maximum atomic E-state index is 12.4. The third-order valence-corrected chi connectivity index (χ3v) is 4.49. The van der Waals surface area contributed by atoms with Crippen LogP contribution in [0.3, 0.4) is 0 Å². The van der Waals surface area contributed by atoms with Crippen LogP contribution < -0.4 is 10.2 Å². The summed E-state index contributed by atoms with van der Waals surface area (Å²) in [4.78, 5) is 31.6. The summed E-state index contributed by atoms with van der Waals surface area (Å²) < 4.78 is 5.30. The Hall–Kier alpha value is -1.38. The Kier molecular flexibility index (Phi) is 4.80. The van der Waals surface area contributed by atoms with Crippen LogP contribution in [-0.4, -0.2) is 73.5 Å². The van der Waals surface area contributed by atoms with Crippen LogP contribution in [0.4, 0.5) is 0 Å². The van der Waals surface area contributed by atoms with E-state index in [2.05, 4.69) is 10.3 Å². The molecule has 8 heteroatoms. The number of ether oxygens (including phenoxy) is 1. The SMILES string of the molecule is O=C1NC(=S)N(C2CC2)C(=O)[C@H]1C=NCC[NH+]1CCOCC1. The lowest BCUT2D eigenvalue weighted by molar-refractivity contribution is -0.906. The molecule has 7 nitrogen and oxygen atoms in total. The highest BCUT2D eigenvalue weighted by Gasteiger charge is 2.44. The van der Waals surface area contributed by atoms with Gasteiger partial charge in [-0.25, -0.2) is 0 Å². The van der Waals surface area contributed by atoms with E-state index in [4.69, 9.17) is 17.0 Å². The number of aliphatic imine (C=N–C) groups is 1. The molecule has 3 aliphatic rings. The predicted molar refractivity (Wildman–Crippen MR) is 83.8 cm³/mol. The number of morpholine rings is 1. The van der Waals surface area contributed by atoms with Crippen molar-refractivity contribution in [2.45, 2.75) is 18.9 Å². The Bertz CT molecular complexity index is 500. The van der Waals surface area contributed by atoms with E-state index in [0.717, 1.165) is 45.7 Å². The topological polar surface area (TPSA) is 75.4 Å². The summed E-state index contributed by atoms with van der Waals surface area (Å²) in [6, 6.07) is 0.161. The first-order valence-corrected chi connectivity index (χ1v) is 8.17. The quantitative estimate of drug-likeness (QED) is 0.348. The van der Waals surface area contributed by atoms with Gasteiger partial charge in [0.15, 0.2) is 11.0 Å². The molecule has 3 rings (SSSR count). The van der Waals surface area contributed by atoms with Gasteiger partial charge in [0.1, 0.15) is 13.1 Å². The summed E-state index contributed by atoms with van der Waals surface area (Å²) in [6.07, 6.45) is 3.38. The molecule has 1 atom stereocenters. The Morgan fingerprint density at radius 1 is 1.36 bits per heavy atom. The molecule has 2 amide bonds. The molecule has 0 aromatic heterocycles. The van der Waals surface area contributed by atoms with Crippen LogP contribution in [-0.2, 0) is 14.3 Å². The average molecular weight is 325 g/mol. The lowest BCUT2D eigenvalue weighted by Gasteiger charge is -2.30. The summed E-state index contributed by atoms with van der Waals surface area (Å²) in [5.74, 6) is -1.44. The maximum absolute atomic E-state index is 12.4. The standard InChI is InChI=1S/C14H20N4O3S/c19-12-11(9-15-3-4-17-5-7-21-8-6-17)13(20)18(10-1-2-10)14(22)16-12/h9-11H,1-8H2,(H,16,19,22)/p+1/t11-/m0/s1. The minimum Gasteiger partial charge on any atom is -0.370 e. The first kappa shape index (κ1) is 15.5. The van der Waals surface area contributed by atoms with Gasteiger partial charge in [-0.2, -0.15) is 0 Å². The smallest absolute Gasteiger partial charge is 0.247 e. The summed E-state index contributed by atoms with van der Waals surface area (Å²) >= 11 is 5.08. The van der Waals surface area contributed by atoms with Gasteiger partial charge in [-0.3, -0.25) is 19.5 Å². The van der Waals surface area contributed by atoms with Crippen LogP contribution in [0.25, 0.3) is 0 Å². The molecule has 2 saturated heterocycles. The van der Waals surface area contributed by atoms with Crippen molar-refractivity contribution in [1.82, 2.24) is 10.2 Å². The molecule has 3 fully saturated rings. The van der Waals surface area contributed by atoms with Gasteiger partial charge in [-0.1, -0.05) is 0 Å². The second kappa shape index (κ2) is 6.80. The Labute approximate surface area is 134 Å². The number of amides is 2. The predicted octanol–water partition coefficient (Wildman–Crippen LogP) is -2.01. The van der Waals surface area contributed by atoms with Crippen LogP contribution in [0.15, 0.2) is 4.99 Å². The van der Waals surface area contributed by atoms with E-state index in [-0.39, 0.29) is 23.0 Å². The third-order valence-electron chi connectivity index (χ3n) is 4.20. The van der Waals surface area contributed by atoms with Crippen molar-refractivity contribution in [2.75, 3.05) is 39.4 Å². The van der Waals surface area contributed by atoms with Crippen LogP contribution in [0.1, 0.15) is 12.8 Å². The van der Waals surface area contributed by atoms with Gasteiger partial charge in [-0.05, 0) is 25.1 Å². The molecule has 1 aliphatic carbocycles. The zero-order chi connectivity index (χ0) is 15.5. The number of thiocarbonyl (C=S) groups is 1. The number of nitrogens with zero attached hydrogens (tertiary/aromatic N) is 2. The summed E-state index contributed by atoms with van der Waals surface area (Å²) in [7, 11) is 0. The number of quaternary nitrogens is 1. The van der Waals surface area contributed by atoms with Gasteiger partial charge in [0.2, 0.25) is 11.8 Å². The number of carbonyl (C=O) groups is 2. The lowest BCUT2D eigenvalue weighted by atomic mass is 10.1. The Morgan fingerprint density at radius 3 is 2.77 bits per heavy atom. The average Bonchev–Trinajstić information content (AvgIpc) is 3.32. The Balaban J connectivity index is 1.53. The fourth-order valence-corrected chi connectivity index (χ4v) is 3.07. The maximum Gasteiger partial charge on any atom is 0.247 e.